The molecule has 1 aliphatic rings. The van der Waals surface area contributed by atoms with Crippen molar-refractivity contribution in [2.24, 2.45) is 5.41 Å². The fraction of sp³-hybridized carbons (Fsp3) is 1.00. The van der Waals surface area contributed by atoms with Crippen molar-refractivity contribution in [1.29, 1.82) is 0 Å². The largest absolute Gasteiger partial charge is 0.213 e. The lowest BCUT2D eigenvalue weighted by atomic mass is 9.93. The molecule has 0 unspecified atom stereocenters. The quantitative estimate of drug-likeness (QED) is 0.590. The molecule has 0 spiro atoms. The molecule has 0 N–H and O–H groups in total. The molecule has 1 heterocycles. The Hall–Kier alpha value is -0.0900. The summed E-state index contributed by atoms with van der Waals surface area (Å²) in [6.45, 7) is 5.55. The number of sulfonamides is 1. The summed E-state index contributed by atoms with van der Waals surface area (Å²) in [7, 11) is -2.94. The van der Waals surface area contributed by atoms with E-state index in [9.17, 15) is 8.42 Å². The highest BCUT2D eigenvalue weighted by Crippen LogP contribution is 2.29. The Morgan fingerprint density at radius 2 is 1.91 bits per heavy atom. The molecule has 0 atom stereocenters. The van der Waals surface area contributed by atoms with Gasteiger partial charge in [0.1, 0.15) is 0 Å². The van der Waals surface area contributed by atoms with E-state index in [0.29, 0.717) is 13.1 Å². The number of hydrogen-bond acceptors (Lipinski definition) is 2. The standard InChI is InChI=1S/C7H15NO2S/c1-7(2)4-5-8(6-7)11(3,9)10/h4-6H2,1-3H3. The first kappa shape index (κ1) is 9.00. The van der Waals surface area contributed by atoms with E-state index in [1.807, 2.05) is 0 Å². The van der Waals surface area contributed by atoms with Crippen LogP contribution >= 0.6 is 0 Å². The number of nitrogens with zero attached hydrogens (tertiary/aromatic N) is 1. The molecule has 1 saturated heterocycles. The smallest absolute Gasteiger partial charge is 0.211 e. The fourth-order valence-corrected chi connectivity index (χ4v) is 2.35. The maximum atomic E-state index is 11.0. The molecular weight excluding hydrogens is 162 g/mol. The molecule has 0 radical (unpaired) electrons. The first-order valence-corrected chi connectivity index (χ1v) is 5.61. The highest BCUT2D eigenvalue weighted by molar-refractivity contribution is 7.88. The van der Waals surface area contributed by atoms with Crippen molar-refractivity contribution < 1.29 is 8.42 Å². The molecule has 0 saturated carbocycles. The van der Waals surface area contributed by atoms with Crippen molar-refractivity contribution in [3.8, 4) is 0 Å². The van der Waals surface area contributed by atoms with Gasteiger partial charge in [-0.3, -0.25) is 0 Å². The second-order valence-electron chi connectivity index (χ2n) is 4.01. The molecule has 0 bridgehead atoms. The van der Waals surface area contributed by atoms with Crippen LogP contribution in [-0.2, 0) is 10.0 Å². The summed E-state index contributed by atoms with van der Waals surface area (Å²) in [6.07, 6.45) is 2.24. The lowest BCUT2D eigenvalue weighted by Crippen LogP contribution is -2.29. The van der Waals surface area contributed by atoms with Gasteiger partial charge in [-0.2, -0.15) is 0 Å². The Balaban J connectivity index is 2.71. The molecule has 3 nitrogen and oxygen atoms in total. The maximum Gasteiger partial charge on any atom is 0.211 e. The topological polar surface area (TPSA) is 37.4 Å². The zero-order valence-corrected chi connectivity index (χ0v) is 8.11. The Bertz CT molecular complexity index is 243. The van der Waals surface area contributed by atoms with E-state index in [1.165, 1.54) is 6.26 Å². The summed E-state index contributed by atoms with van der Waals surface area (Å²) in [4.78, 5) is 0. The average molecular weight is 177 g/mol. The predicted octanol–water partition coefficient (Wildman–Crippen LogP) is 0.678. The van der Waals surface area contributed by atoms with Crippen molar-refractivity contribution in [2.45, 2.75) is 20.3 Å². The third kappa shape index (κ3) is 2.17. The lowest BCUT2D eigenvalue weighted by molar-refractivity contribution is 0.377. The Kier molecular flexibility index (Phi) is 2.01. The lowest BCUT2D eigenvalue weighted by Gasteiger charge is -2.17. The van der Waals surface area contributed by atoms with Crippen LogP contribution in [-0.4, -0.2) is 32.1 Å². The van der Waals surface area contributed by atoms with Crippen LogP contribution in [0.4, 0.5) is 0 Å². The normalized spacial score (nSPS) is 25.7. The number of rotatable bonds is 1. The van der Waals surface area contributed by atoms with Crippen molar-refractivity contribution in [1.82, 2.24) is 4.31 Å². The van der Waals surface area contributed by atoms with E-state index in [-0.39, 0.29) is 5.41 Å². The summed E-state index contributed by atoms with van der Waals surface area (Å²) in [6, 6.07) is 0. The van der Waals surface area contributed by atoms with E-state index in [4.69, 9.17) is 0 Å². The average Bonchev–Trinajstić information content (AvgIpc) is 2.07. The zero-order chi connectivity index (χ0) is 8.70. The van der Waals surface area contributed by atoms with Gasteiger partial charge in [-0.1, -0.05) is 13.8 Å². The van der Waals surface area contributed by atoms with Crippen LogP contribution in [0.15, 0.2) is 0 Å². The summed E-state index contributed by atoms with van der Waals surface area (Å²) in [5.74, 6) is 0. The Labute approximate surface area is 68.4 Å². The van der Waals surface area contributed by atoms with Gasteiger partial charge in [0.15, 0.2) is 0 Å². The second kappa shape index (κ2) is 2.45. The minimum Gasteiger partial charge on any atom is -0.213 e. The zero-order valence-electron chi connectivity index (χ0n) is 7.29. The van der Waals surface area contributed by atoms with Crippen LogP contribution in [0, 0.1) is 5.41 Å². The van der Waals surface area contributed by atoms with Gasteiger partial charge < -0.3 is 0 Å². The minimum absolute atomic E-state index is 0.170. The molecular formula is C7H15NO2S. The van der Waals surface area contributed by atoms with Gasteiger partial charge in [0, 0.05) is 13.1 Å². The summed E-state index contributed by atoms with van der Waals surface area (Å²) in [5.41, 5.74) is 0.170. The fourth-order valence-electron chi connectivity index (χ4n) is 1.35. The van der Waals surface area contributed by atoms with Gasteiger partial charge in [0.05, 0.1) is 6.26 Å². The van der Waals surface area contributed by atoms with E-state index >= 15 is 0 Å². The van der Waals surface area contributed by atoms with Gasteiger partial charge in [-0.05, 0) is 11.8 Å². The van der Waals surface area contributed by atoms with E-state index in [0.717, 1.165) is 6.42 Å². The Morgan fingerprint density at radius 1 is 1.36 bits per heavy atom. The molecule has 4 heteroatoms. The number of hydrogen-bond donors (Lipinski definition) is 0. The van der Waals surface area contributed by atoms with Gasteiger partial charge >= 0.3 is 0 Å². The van der Waals surface area contributed by atoms with Crippen LogP contribution < -0.4 is 0 Å². The first-order chi connectivity index (χ1) is 4.81. The third-order valence-corrected chi connectivity index (χ3v) is 3.36. The molecule has 0 amide bonds. The van der Waals surface area contributed by atoms with Crippen molar-refractivity contribution in [2.75, 3.05) is 19.3 Å². The highest BCUT2D eigenvalue weighted by atomic mass is 32.2. The van der Waals surface area contributed by atoms with E-state index in [1.54, 1.807) is 4.31 Å². The molecule has 11 heavy (non-hydrogen) atoms. The molecule has 0 aliphatic carbocycles. The van der Waals surface area contributed by atoms with Crippen LogP contribution in [0.25, 0.3) is 0 Å². The highest BCUT2D eigenvalue weighted by Gasteiger charge is 2.33. The molecule has 1 fully saturated rings. The van der Waals surface area contributed by atoms with E-state index < -0.39 is 10.0 Å². The molecule has 1 rings (SSSR count). The van der Waals surface area contributed by atoms with Crippen molar-refractivity contribution >= 4 is 10.0 Å². The summed E-state index contributed by atoms with van der Waals surface area (Å²) >= 11 is 0. The minimum atomic E-state index is -2.94. The molecule has 0 aromatic heterocycles. The monoisotopic (exact) mass is 177 g/mol. The molecule has 0 aromatic carbocycles. The first-order valence-electron chi connectivity index (χ1n) is 3.76. The van der Waals surface area contributed by atoms with Crippen LogP contribution in [0.2, 0.25) is 0 Å². The molecule has 0 aromatic rings. The molecule has 1 aliphatic heterocycles. The second-order valence-corrected chi connectivity index (χ2v) is 5.99. The SMILES string of the molecule is CC1(C)CCN(S(C)(=O)=O)C1. The van der Waals surface area contributed by atoms with Gasteiger partial charge in [0.25, 0.3) is 0 Å². The van der Waals surface area contributed by atoms with Crippen molar-refractivity contribution in [3.63, 3.8) is 0 Å². The summed E-state index contributed by atoms with van der Waals surface area (Å²) < 4.78 is 23.6. The van der Waals surface area contributed by atoms with E-state index in [2.05, 4.69) is 13.8 Å². The van der Waals surface area contributed by atoms with Gasteiger partial charge in [0.2, 0.25) is 10.0 Å². The summed E-state index contributed by atoms with van der Waals surface area (Å²) in [5, 5.41) is 0. The van der Waals surface area contributed by atoms with Crippen LogP contribution in [0.5, 0.6) is 0 Å². The van der Waals surface area contributed by atoms with Crippen molar-refractivity contribution in [3.05, 3.63) is 0 Å². The predicted molar refractivity (Wildman–Crippen MR) is 44.8 cm³/mol. The maximum absolute atomic E-state index is 11.0. The van der Waals surface area contributed by atoms with Gasteiger partial charge in [-0.25, -0.2) is 12.7 Å². The van der Waals surface area contributed by atoms with Crippen LogP contribution in [0.3, 0.4) is 0 Å². The van der Waals surface area contributed by atoms with Crippen LogP contribution in [0.1, 0.15) is 20.3 Å². The Morgan fingerprint density at radius 3 is 2.09 bits per heavy atom. The molecule has 66 valence electrons. The van der Waals surface area contributed by atoms with Gasteiger partial charge in [-0.15, -0.1) is 0 Å². The third-order valence-electron chi connectivity index (χ3n) is 2.11.